The molecule has 1 aromatic heterocycles. The molecule has 0 unspecified atom stereocenters. The highest BCUT2D eigenvalue weighted by molar-refractivity contribution is 5.04. The van der Waals surface area contributed by atoms with E-state index in [2.05, 4.69) is 16.9 Å². The predicted octanol–water partition coefficient (Wildman–Crippen LogP) is 1.75. The van der Waals surface area contributed by atoms with Crippen molar-refractivity contribution in [2.24, 2.45) is 0 Å². The van der Waals surface area contributed by atoms with Gasteiger partial charge in [0.25, 0.3) is 0 Å². The van der Waals surface area contributed by atoms with Crippen LogP contribution < -0.4 is 5.32 Å². The van der Waals surface area contributed by atoms with E-state index < -0.39 is 0 Å². The first-order valence-electron chi connectivity index (χ1n) is 4.08. The van der Waals surface area contributed by atoms with Gasteiger partial charge >= 0.3 is 0 Å². The molecule has 1 N–H and O–H groups in total. The zero-order chi connectivity index (χ0) is 8.81. The van der Waals surface area contributed by atoms with Crippen LogP contribution in [-0.2, 0) is 6.42 Å². The van der Waals surface area contributed by atoms with Crippen molar-refractivity contribution in [3.8, 4) is 0 Å². The van der Waals surface area contributed by atoms with Crippen LogP contribution in [0.5, 0.6) is 0 Å². The summed E-state index contributed by atoms with van der Waals surface area (Å²) in [6.45, 7) is 6.62. The van der Waals surface area contributed by atoms with E-state index in [4.69, 9.17) is 0 Å². The smallest absolute Gasteiger partial charge is 0.0421 e. The fourth-order valence-corrected chi connectivity index (χ4v) is 0.950. The molecule has 0 bridgehead atoms. The third kappa shape index (κ3) is 3.19. The highest BCUT2D eigenvalue weighted by Crippen LogP contribution is 1.93. The fourth-order valence-electron chi connectivity index (χ4n) is 0.950. The Bertz CT molecular complexity index is 241. The summed E-state index contributed by atoms with van der Waals surface area (Å²) in [6, 6.07) is 5.96. The van der Waals surface area contributed by atoms with Gasteiger partial charge < -0.3 is 5.32 Å². The lowest BCUT2D eigenvalue weighted by Gasteiger charge is -2.03. The summed E-state index contributed by atoms with van der Waals surface area (Å²) in [4.78, 5) is 4.21. The van der Waals surface area contributed by atoms with Crippen LogP contribution in [0.15, 0.2) is 36.7 Å². The number of aromatic nitrogens is 1. The molecule has 64 valence electrons. The van der Waals surface area contributed by atoms with Gasteiger partial charge in [-0.2, -0.15) is 0 Å². The van der Waals surface area contributed by atoms with Crippen molar-refractivity contribution >= 4 is 0 Å². The van der Waals surface area contributed by atoms with Crippen LogP contribution in [-0.4, -0.2) is 11.5 Å². The molecule has 1 rings (SSSR count). The van der Waals surface area contributed by atoms with Crippen LogP contribution in [0.3, 0.4) is 0 Å². The SMILES string of the molecule is C=C(C)NCCc1ccccn1. The van der Waals surface area contributed by atoms with E-state index in [1.165, 1.54) is 0 Å². The third-order valence-electron chi connectivity index (χ3n) is 1.53. The summed E-state index contributed by atoms with van der Waals surface area (Å²) in [6.07, 6.45) is 2.77. The number of nitrogens with one attached hydrogen (secondary N) is 1. The Morgan fingerprint density at radius 3 is 3.00 bits per heavy atom. The molecule has 0 saturated carbocycles. The van der Waals surface area contributed by atoms with E-state index in [0.29, 0.717) is 0 Å². The fraction of sp³-hybridized carbons (Fsp3) is 0.300. The molecule has 0 aliphatic carbocycles. The Labute approximate surface area is 73.3 Å². The van der Waals surface area contributed by atoms with E-state index in [1.807, 2.05) is 31.3 Å². The van der Waals surface area contributed by atoms with E-state index in [9.17, 15) is 0 Å². The van der Waals surface area contributed by atoms with E-state index in [0.717, 1.165) is 24.4 Å². The minimum absolute atomic E-state index is 0.909. The maximum absolute atomic E-state index is 4.21. The number of hydrogen-bond donors (Lipinski definition) is 1. The summed E-state index contributed by atoms with van der Waals surface area (Å²) in [7, 11) is 0. The van der Waals surface area contributed by atoms with Gasteiger partial charge in [0.05, 0.1) is 0 Å². The first kappa shape index (κ1) is 8.78. The standard InChI is InChI=1S/C10H14N2/c1-9(2)11-8-6-10-5-3-4-7-12-10/h3-5,7,11H,1,6,8H2,2H3. The summed E-state index contributed by atoms with van der Waals surface area (Å²) in [5.74, 6) is 0. The number of allylic oxidation sites excluding steroid dienone is 1. The predicted molar refractivity (Wildman–Crippen MR) is 50.8 cm³/mol. The molecule has 0 fully saturated rings. The van der Waals surface area contributed by atoms with Gasteiger partial charge in [0.1, 0.15) is 0 Å². The van der Waals surface area contributed by atoms with Crippen LogP contribution >= 0.6 is 0 Å². The molecule has 0 aliphatic rings. The molecule has 0 amide bonds. The van der Waals surface area contributed by atoms with Gasteiger partial charge in [-0.1, -0.05) is 12.6 Å². The average Bonchev–Trinajstić information content (AvgIpc) is 2.05. The molecule has 0 aromatic carbocycles. The Morgan fingerprint density at radius 1 is 1.58 bits per heavy atom. The van der Waals surface area contributed by atoms with Gasteiger partial charge in [0.2, 0.25) is 0 Å². The lowest BCUT2D eigenvalue weighted by atomic mass is 10.3. The quantitative estimate of drug-likeness (QED) is 0.729. The number of nitrogens with zero attached hydrogens (tertiary/aromatic N) is 1. The summed E-state index contributed by atoms with van der Waals surface area (Å²) >= 11 is 0. The molecule has 2 heteroatoms. The molecule has 0 aliphatic heterocycles. The maximum atomic E-state index is 4.21. The van der Waals surface area contributed by atoms with Gasteiger partial charge in [-0.05, 0) is 19.1 Å². The highest BCUT2D eigenvalue weighted by atomic mass is 14.9. The van der Waals surface area contributed by atoms with Crippen molar-refractivity contribution in [3.05, 3.63) is 42.4 Å². The Kier molecular flexibility index (Phi) is 3.33. The van der Waals surface area contributed by atoms with Crippen molar-refractivity contribution in [3.63, 3.8) is 0 Å². The van der Waals surface area contributed by atoms with E-state index in [-0.39, 0.29) is 0 Å². The second-order valence-electron chi connectivity index (χ2n) is 2.78. The number of hydrogen-bond acceptors (Lipinski definition) is 2. The molecule has 2 nitrogen and oxygen atoms in total. The van der Waals surface area contributed by atoms with E-state index in [1.54, 1.807) is 0 Å². The normalized spacial score (nSPS) is 9.42. The molecule has 0 radical (unpaired) electrons. The third-order valence-corrected chi connectivity index (χ3v) is 1.53. The van der Waals surface area contributed by atoms with Crippen LogP contribution in [0, 0.1) is 0 Å². The van der Waals surface area contributed by atoms with Gasteiger partial charge in [0, 0.05) is 30.6 Å². The largest absolute Gasteiger partial charge is 0.389 e. The van der Waals surface area contributed by atoms with Crippen molar-refractivity contribution in [1.82, 2.24) is 10.3 Å². The lowest BCUT2D eigenvalue weighted by molar-refractivity contribution is 0.776. The number of pyridine rings is 1. The first-order valence-corrected chi connectivity index (χ1v) is 4.08. The molecule has 1 aromatic rings. The van der Waals surface area contributed by atoms with Crippen molar-refractivity contribution in [2.75, 3.05) is 6.54 Å². The van der Waals surface area contributed by atoms with Crippen molar-refractivity contribution in [2.45, 2.75) is 13.3 Å². The summed E-state index contributed by atoms with van der Waals surface area (Å²) in [5, 5.41) is 3.16. The maximum Gasteiger partial charge on any atom is 0.0421 e. The monoisotopic (exact) mass is 162 g/mol. The Hall–Kier alpha value is -1.31. The van der Waals surface area contributed by atoms with Crippen LogP contribution in [0.25, 0.3) is 0 Å². The van der Waals surface area contributed by atoms with Gasteiger partial charge in [-0.3, -0.25) is 4.98 Å². The molecular weight excluding hydrogens is 148 g/mol. The molecular formula is C10H14N2. The average molecular weight is 162 g/mol. The number of rotatable bonds is 4. The molecule has 0 atom stereocenters. The summed E-state index contributed by atoms with van der Waals surface area (Å²) < 4.78 is 0. The summed E-state index contributed by atoms with van der Waals surface area (Å²) in [5.41, 5.74) is 2.12. The van der Waals surface area contributed by atoms with Gasteiger partial charge in [-0.15, -0.1) is 0 Å². The second-order valence-corrected chi connectivity index (χ2v) is 2.78. The lowest BCUT2D eigenvalue weighted by Crippen LogP contribution is -2.14. The van der Waals surface area contributed by atoms with Crippen LogP contribution in [0.2, 0.25) is 0 Å². The zero-order valence-electron chi connectivity index (χ0n) is 7.38. The molecule has 12 heavy (non-hydrogen) atoms. The van der Waals surface area contributed by atoms with Gasteiger partial charge in [0.15, 0.2) is 0 Å². The minimum atomic E-state index is 0.909. The first-order chi connectivity index (χ1) is 5.79. The molecule has 0 saturated heterocycles. The molecule has 0 spiro atoms. The van der Waals surface area contributed by atoms with Crippen LogP contribution in [0.1, 0.15) is 12.6 Å². The molecule has 1 heterocycles. The highest BCUT2D eigenvalue weighted by Gasteiger charge is 1.91. The van der Waals surface area contributed by atoms with Crippen LogP contribution in [0.4, 0.5) is 0 Å². The van der Waals surface area contributed by atoms with Crippen molar-refractivity contribution in [1.29, 1.82) is 0 Å². The van der Waals surface area contributed by atoms with Gasteiger partial charge in [-0.25, -0.2) is 0 Å². The second kappa shape index (κ2) is 4.54. The topological polar surface area (TPSA) is 24.9 Å². The minimum Gasteiger partial charge on any atom is -0.389 e. The Balaban J connectivity index is 2.29. The van der Waals surface area contributed by atoms with Crippen molar-refractivity contribution < 1.29 is 0 Å². The Morgan fingerprint density at radius 2 is 2.42 bits per heavy atom. The zero-order valence-corrected chi connectivity index (χ0v) is 7.38. The van der Waals surface area contributed by atoms with E-state index >= 15 is 0 Å².